The summed E-state index contributed by atoms with van der Waals surface area (Å²) in [5.41, 5.74) is 2.45. The van der Waals surface area contributed by atoms with Crippen LogP contribution in [0.1, 0.15) is 24.0 Å². The largest absolute Gasteiger partial charge is 0.497 e. The third-order valence-corrected chi connectivity index (χ3v) is 2.60. The van der Waals surface area contributed by atoms with Gasteiger partial charge in [0.15, 0.2) is 0 Å². The van der Waals surface area contributed by atoms with Crippen molar-refractivity contribution in [2.75, 3.05) is 14.2 Å². The van der Waals surface area contributed by atoms with Gasteiger partial charge < -0.3 is 9.47 Å². The lowest BCUT2D eigenvalue weighted by atomic mass is 10.0. The minimum Gasteiger partial charge on any atom is -0.497 e. The molecule has 0 spiro atoms. The van der Waals surface area contributed by atoms with Gasteiger partial charge in [0.1, 0.15) is 5.75 Å². The maximum absolute atomic E-state index is 10.9. The van der Waals surface area contributed by atoms with Gasteiger partial charge in [-0.15, -0.1) is 0 Å². The van der Waals surface area contributed by atoms with Gasteiger partial charge in [0.05, 0.1) is 14.2 Å². The zero-order valence-electron chi connectivity index (χ0n) is 10.1. The van der Waals surface area contributed by atoms with Crippen LogP contribution in [0.25, 0.3) is 0 Å². The molecule has 0 N–H and O–H groups in total. The second-order valence-electron chi connectivity index (χ2n) is 3.72. The zero-order valence-corrected chi connectivity index (χ0v) is 10.1. The minimum atomic E-state index is -0.147. The molecule has 16 heavy (non-hydrogen) atoms. The van der Waals surface area contributed by atoms with Crippen LogP contribution in [0.4, 0.5) is 0 Å². The molecule has 0 saturated heterocycles. The highest BCUT2D eigenvalue weighted by molar-refractivity contribution is 5.69. The first-order valence-corrected chi connectivity index (χ1v) is 5.37. The molecule has 0 heterocycles. The van der Waals surface area contributed by atoms with Crippen LogP contribution < -0.4 is 4.74 Å². The lowest BCUT2D eigenvalue weighted by Gasteiger charge is -2.07. The number of carbonyl (C=O) groups excluding carboxylic acids is 1. The smallest absolute Gasteiger partial charge is 0.305 e. The monoisotopic (exact) mass is 222 g/mol. The lowest BCUT2D eigenvalue weighted by molar-refractivity contribution is -0.140. The van der Waals surface area contributed by atoms with Gasteiger partial charge in [-0.25, -0.2) is 0 Å². The molecule has 3 heteroatoms. The second-order valence-corrected chi connectivity index (χ2v) is 3.72. The van der Waals surface area contributed by atoms with Crippen molar-refractivity contribution in [2.24, 2.45) is 0 Å². The van der Waals surface area contributed by atoms with Gasteiger partial charge in [-0.2, -0.15) is 0 Å². The lowest BCUT2D eigenvalue weighted by Crippen LogP contribution is -2.01. The van der Waals surface area contributed by atoms with E-state index in [9.17, 15) is 4.79 Å². The fraction of sp³-hybridized carbons (Fsp3) is 0.462. The van der Waals surface area contributed by atoms with E-state index in [2.05, 4.69) is 11.7 Å². The quantitative estimate of drug-likeness (QED) is 0.718. The highest BCUT2D eigenvalue weighted by atomic mass is 16.5. The van der Waals surface area contributed by atoms with Crippen molar-refractivity contribution < 1.29 is 14.3 Å². The Kier molecular flexibility index (Phi) is 4.83. The third kappa shape index (κ3) is 3.57. The Bertz CT molecular complexity index is 358. The van der Waals surface area contributed by atoms with Gasteiger partial charge in [-0.3, -0.25) is 4.79 Å². The van der Waals surface area contributed by atoms with E-state index in [4.69, 9.17) is 4.74 Å². The van der Waals surface area contributed by atoms with Gasteiger partial charge >= 0.3 is 5.97 Å². The molecule has 1 aromatic rings. The van der Waals surface area contributed by atoms with Gasteiger partial charge in [-0.1, -0.05) is 6.07 Å². The molecule has 0 atom stereocenters. The fourth-order valence-corrected chi connectivity index (χ4v) is 1.60. The number of aryl methyl sites for hydroxylation is 2. The molecule has 0 bridgehead atoms. The van der Waals surface area contributed by atoms with Crippen molar-refractivity contribution in [1.82, 2.24) is 0 Å². The Hall–Kier alpha value is -1.51. The zero-order chi connectivity index (χ0) is 12.0. The highest BCUT2D eigenvalue weighted by Crippen LogP contribution is 2.18. The van der Waals surface area contributed by atoms with E-state index in [-0.39, 0.29) is 5.97 Å². The van der Waals surface area contributed by atoms with Crippen molar-refractivity contribution >= 4 is 5.97 Å². The van der Waals surface area contributed by atoms with Crippen LogP contribution in [-0.2, 0) is 16.0 Å². The predicted octanol–water partition coefficient (Wildman–Crippen LogP) is 2.50. The van der Waals surface area contributed by atoms with E-state index in [0.717, 1.165) is 18.6 Å². The molecular weight excluding hydrogens is 204 g/mol. The van der Waals surface area contributed by atoms with Crippen LogP contribution in [0.15, 0.2) is 18.2 Å². The Morgan fingerprint density at radius 1 is 1.31 bits per heavy atom. The van der Waals surface area contributed by atoms with E-state index < -0.39 is 0 Å². The standard InChI is InChI=1S/C13H18O3/c1-10-9-12(15-2)8-7-11(10)5-4-6-13(14)16-3/h7-9H,4-6H2,1-3H3. The van der Waals surface area contributed by atoms with Crippen LogP contribution in [0.5, 0.6) is 5.75 Å². The van der Waals surface area contributed by atoms with Crippen LogP contribution >= 0.6 is 0 Å². The average Bonchev–Trinajstić information content (AvgIpc) is 2.30. The van der Waals surface area contributed by atoms with Crippen LogP contribution in [0, 0.1) is 6.92 Å². The average molecular weight is 222 g/mol. The van der Waals surface area contributed by atoms with Crippen molar-refractivity contribution in [3.63, 3.8) is 0 Å². The number of hydrogen-bond acceptors (Lipinski definition) is 3. The number of esters is 1. The molecule has 1 aromatic carbocycles. The minimum absolute atomic E-state index is 0.147. The summed E-state index contributed by atoms with van der Waals surface area (Å²) < 4.78 is 9.73. The number of rotatable bonds is 5. The molecule has 0 unspecified atom stereocenters. The summed E-state index contributed by atoms with van der Waals surface area (Å²) in [4.78, 5) is 10.9. The van der Waals surface area contributed by atoms with Gasteiger partial charge in [0.25, 0.3) is 0 Å². The molecule has 88 valence electrons. The van der Waals surface area contributed by atoms with E-state index in [1.165, 1.54) is 18.2 Å². The first-order chi connectivity index (χ1) is 7.67. The maximum atomic E-state index is 10.9. The summed E-state index contributed by atoms with van der Waals surface area (Å²) in [5.74, 6) is 0.723. The molecule has 3 nitrogen and oxygen atoms in total. The van der Waals surface area contributed by atoms with Crippen LogP contribution in [0.3, 0.4) is 0 Å². The summed E-state index contributed by atoms with van der Waals surface area (Å²) in [6, 6.07) is 6.00. The molecule has 0 radical (unpaired) electrons. The molecular formula is C13H18O3. The first kappa shape index (κ1) is 12.6. The van der Waals surface area contributed by atoms with E-state index in [1.54, 1.807) is 7.11 Å². The molecule has 0 aliphatic heterocycles. The van der Waals surface area contributed by atoms with Crippen LogP contribution in [0.2, 0.25) is 0 Å². The molecule has 0 aliphatic carbocycles. The Balaban J connectivity index is 2.51. The van der Waals surface area contributed by atoms with Crippen molar-refractivity contribution in [3.05, 3.63) is 29.3 Å². The number of hydrogen-bond donors (Lipinski definition) is 0. The third-order valence-electron chi connectivity index (χ3n) is 2.60. The predicted molar refractivity (Wildman–Crippen MR) is 62.7 cm³/mol. The second kappa shape index (κ2) is 6.16. The Morgan fingerprint density at radius 3 is 2.62 bits per heavy atom. The molecule has 0 aromatic heterocycles. The highest BCUT2D eigenvalue weighted by Gasteiger charge is 2.03. The summed E-state index contributed by atoms with van der Waals surface area (Å²) in [7, 11) is 3.08. The fourth-order valence-electron chi connectivity index (χ4n) is 1.60. The number of carbonyl (C=O) groups is 1. The van der Waals surface area contributed by atoms with Crippen molar-refractivity contribution in [2.45, 2.75) is 26.2 Å². The van der Waals surface area contributed by atoms with Crippen LogP contribution in [-0.4, -0.2) is 20.2 Å². The Morgan fingerprint density at radius 2 is 2.06 bits per heavy atom. The SMILES string of the molecule is COC(=O)CCCc1ccc(OC)cc1C. The normalized spacial score (nSPS) is 9.94. The maximum Gasteiger partial charge on any atom is 0.305 e. The molecule has 0 amide bonds. The van der Waals surface area contributed by atoms with E-state index in [1.807, 2.05) is 18.2 Å². The van der Waals surface area contributed by atoms with Gasteiger partial charge in [-0.05, 0) is 43.0 Å². The molecule has 0 aliphatic rings. The number of ether oxygens (including phenoxy) is 2. The van der Waals surface area contributed by atoms with Gasteiger partial charge in [0, 0.05) is 6.42 Å². The molecule has 0 fully saturated rings. The summed E-state index contributed by atoms with van der Waals surface area (Å²) in [5, 5.41) is 0. The van der Waals surface area contributed by atoms with Crippen molar-refractivity contribution in [3.8, 4) is 5.75 Å². The first-order valence-electron chi connectivity index (χ1n) is 5.37. The topological polar surface area (TPSA) is 35.5 Å². The summed E-state index contributed by atoms with van der Waals surface area (Å²) in [6.07, 6.45) is 2.19. The van der Waals surface area contributed by atoms with Crippen molar-refractivity contribution in [1.29, 1.82) is 0 Å². The molecule has 0 saturated carbocycles. The molecule has 1 rings (SSSR count). The van der Waals surface area contributed by atoms with E-state index >= 15 is 0 Å². The number of benzene rings is 1. The number of methoxy groups -OCH3 is 2. The Labute approximate surface area is 96.4 Å². The summed E-state index contributed by atoms with van der Waals surface area (Å²) in [6.45, 7) is 2.05. The van der Waals surface area contributed by atoms with E-state index in [0.29, 0.717) is 6.42 Å². The summed E-state index contributed by atoms with van der Waals surface area (Å²) >= 11 is 0. The van der Waals surface area contributed by atoms with Gasteiger partial charge in [0.2, 0.25) is 0 Å².